The minimum Gasteiger partial charge on any atom is -0.453 e. The van der Waals surface area contributed by atoms with Crippen LogP contribution in [0, 0.1) is 0 Å². The van der Waals surface area contributed by atoms with Gasteiger partial charge in [-0.15, -0.1) is 0 Å². The van der Waals surface area contributed by atoms with Crippen LogP contribution in [0.3, 0.4) is 0 Å². The molecule has 4 atom stereocenters. The molecule has 1 N–H and O–H groups in total. The van der Waals surface area contributed by atoms with Crippen LogP contribution in [0.25, 0.3) is 6.08 Å². The van der Waals surface area contributed by atoms with Gasteiger partial charge in [-0.3, -0.25) is 19.4 Å². The van der Waals surface area contributed by atoms with Crippen molar-refractivity contribution in [1.29, 1.82) is 0 Å². The van der Waals surface area contributed by atoms with Gasteiger partial charge >= 0.3 is 6.09 Å². The van der Waals surface area contributed by atoms with Gasteiger partial charge in [0.05, 0.1) is 30.2 Å². The molecule has 4 unspecified atom stereocenters. The summed E-state index contributed by atoms with van der Waals surface area (Å²) in [4.78, 5) is 45.0. The number of hydrogen-bond acceptors (Lipinski definition) is 8. The fourth-order valence-corrected chi connectivity index (χ4v) is 8.83. The van der Waals surface area contributed by atoms with Crippen LogP contribution in [0.5, 0.6) is 0 Å². The number of sulfone groups is 1. The molecule has 218 valence electrons. The number of benzene rings is 1. The average molecular weight is 573 g/mol. The zero-order chi connectivity index (χ0) is 28.6. The van der Waals surface area contributed by atoms with E-state index in [1.165, 1.54) is 7.11 Å². The summed E-state index contributed by atoms with van der Waals surface area (Å²) in [7, 11) is 1.93. The number of ketones is 1. The Morgan fingerprint density at radius 1 is 1.10 bits per heavy atom. The highest BCUT2D eigenvalue weighted by Crippen LogP contribution is 2.37. The molecule has 5 rings (SSSR count). The first-order valence-electron chi connectivity index (χ1n) is 14.2. The molecule has 0 radical (unpaired) electrons. The molecule has 10 nitrogen and oxygen atoms in total. The number of nitrogens with one attached hydrogen (secondary N) is 1. The number of carbonyl (C=O) groups is 3. The van der Waals surface area contributed by atoms with Crippen molar-refractivity contribution in [3.8, 4) is 0 Å². The van der Waals surface area contributed by atoms with E-state index >= 15 is 0 Å². The molecule has 0 spiro atoms. The minimum atomic E-state index is -3.11. The topological polar surface area (TPSA) is 116 Å². The summed E-state index contributed by atoms with van der Waals surface area (Å²) in [6, 6.07) is 7.56. The highest BCUT2D eigenvalue weighted by molar-refractivity contribution is 7.91. The van der Waals surface area contributed by atoms with Crippen LogP contribution < -0.4 is 5.32 Å². The third-order valence-corrected chi connectivity index (χ3v) is 10.7. The molecule has 1 aliphatic carbocycles. The predicted molar refractivity (Wildman–Crippen MR) is 151 cm³/mol. The number of likely N-dealkylation sites (N-methyl/N-ethyl adjacent to an activating group) is 1. The van der Waals surface area contributed by atoms with Gasteiger partial charge < -0.3 is 15.0 Å². The third kappa shape index (κ3) is 5.82. The van der Waals surface area contributed by atoms with Gasteiger partial charge in [0, 0.05) is 37.3 Å². The number of ether oxygens (including phenoxy) is 1. The molecule has 2 amide bonds. The molecule has 0 aromatic heterocycles. The summed E-state index contributed by atoms with van der Waals surface area (Å²) in [5.41, 5.74) is 2.03. The predicted octanol–water partition coefficient (Wildman–Crippen LogP) is 2.01. The molecule has 3 fully saturated rings. The first-order valence-corrected chi connectivity index (χ1v) is 16.0. The number of nitrogens with zero attached hydrogens (tertiary/aromatic N) is 3. The van der Waals surface area contributed by atoms with Gasteiger partial charge in [0.25, 0.3) is 5.91 Å². The van der Waals surface area contributed by atoms with Crippen molar-refractivity contribution in [2.75, 3.05) is 45.8 Å². The zero-order valence-corrected chi connectivity index (χ0v) is 24.4. The van der Waals surface area contributed by atoms with Crippen LogP contribution in [-0.4, -0.2) is 111 Å². The Bertz CT molecular complexity index is 1280. The van der Waals surface area contributed by atoms with Gasteiger partial charge in [-0.1, -0.05) is 24.3 Å². The molecule has 0 saturated carbocycles. The fraction of sp³-hybridized carbons (Fsp3) is 0.621. The molecule has 1 aromatic rings. The highest BCUT2D eigenvalue weighted by Gasteiger charge is 2.42. The smallest absolute Gasteiger partial charge is 0.409 e. The van der Waals surface area contributed by atoms with Crippen LogP contribution in [0.4, 0.5) is 4.79 Å². The monoisotopic (exact) mass is 572 g/mol. The Kier molecular flexibility index (Phi) is 8.35. The van der Waals surface area contributed by atoms with E-state index < -0.39 is 22.0 Å². The normalized spacial score (nSPS) is 29.1. The maximum atomic E-state index is 13.4. The molecular weight excluding hydrogens is 532 g/mol. The van der Waals surface area contributed by atoms with Crippen LogP contribution in [0.2, 0.25) is 0 Å². The van der Waals surface area contributed by atoms with Gasteiger partial charge in [0.2, 0.25) is 0 Å². The van der Waals surface area contributed by atoms with Gasteiger partial charge in [-0.2, -0.15) is 0 Å². The number of Topliss-reactive ketones (excluding diaryl/α,β-unsaturated/α-hetero) is 1. The molecule has 1 aromatic carbocycles. The van der Waals surface area contributed by atoms with Crippen LogP contribution in [-0.2, 0) is 24.2 Å². The lowest BCUT2D eigenvalue weighted by molar-refractivity contribution is -0.125. The molecule has 3 heterocycles. The Morgan fingerprint density at radius 2 is 1.80 bits per heavy atom. The van der Waals surface area contributed by atoms with Crippen molar-refractivity contribution in [1.82, 2.24) is 20.0 Å². The first kappa shape index (κ1) is 28.8. The molecule has 2 bridgehead atoms. The van der Waals surface area contributed by atoms with E-state index in [4.69, 9.17) is 4.74 Å². The van der Waals surface area contributed by atoms with Gasteiger partial charge in [0.15, 0.2) is 15.6 Å². The van der Waals surface area contributed by atoms with Crippen molar-refractivity contribution >= 4 is 33.7 Å². The Labute approximate surface area is 236 Å². The Hall–Kier alpha value is -2.76. The van der Waals surface area contributed by atoms with E-state index in [-0.39, 0.29) is 40.9 Å². The summed E-state index contributed by atoms with van der Waals surface area (Å²) in [5, 5.41) is 3.17. The second-order valence-electron chi connectivity index (χ2n) is 11.8. The summed E-state index contributed by atoms with van der Waals surface area (Å²) in [5.74, 6) is -0.367. The van der Waals surface area contributed by atoms with Gasteiger partial charge in [-0.25, -0.2) is 13.2 Å². The highest BCUT2D eigenvalue weighted by atomic mass is 32.2. The van der Waals surface area contributed by atoms with Crippen LogP contribution >= 0.6 is 0 Å². The van der Waals surface area contributed by atoms with E-state index in [2.05, 4.69) is 10.2 Å². The SMILES string of the molecule is COC(=O)N(CCCN1C2CCC1CC(NC(=O)C1=Cc3ccccc3C(N(C)C)C1=O)C2)C1CCS(=O)(=O)C1. The van der Waals surface area contributed by atoms with Gasteiger partial charge in [-0.05, 0) is 69.8 Å². The quantitative estimate of drug-likeness (QED) is 0.471. The molecule has 3 saturated heterocycles. The van der Waals surface area contributed by atoms with Crippen LogP contribution in [0.1, 0.15) is 55.7 Å². The molecular formula is C29H40N4O6S. The number of amides is 2. The Balaban J connectivity index is 1.18. The third-order valence-electron chi connectivity index (χ3n) is 8.96. The Morgan fingerprint density at radius 3 is 2.42 bits per heavy atom. The maximum Gasteiger partial charge on any atom is 0.409 e. The van der Waals surface area contributed by atoms with E-state index in [0.29, 0.717) is 25.0 Å². The second-order valence-corrected chi connectivity index (χ2v) is 14.0. The minimum absolute atomic E-state index is 0.000175. The number of hydrogen-bond donors (Lipinski definition) is 1. The van der Waals surface area contributed by atoms with Crippen molar-refractivity contribution in [2.24, 2.45) is 0 Å². The summed E-state index contributed by atoms with van der Waals surface area (Å²) < 4.78 is 28.9. The van der Waals surface area contributed by atoms with E-state index in [1.54, 1.807) is 11.0 Å². The van der Waals surface area contributed by atoms with E-state index in [1.807, 2.05) is 43.3 Å². The lowest BCUT2D eigenvalue weighted by atomic mass is 9.85. The summed E-state index contributed by atoms with van der Waals surface area (Å²) in [6.07, 6.45) is 6.16. The lowest BCUT2D eigenvalue weighted by Gasteiger charge is -2.40. The van der Waals surface area contributed by atoms with Crippen molar-refractivity contribution in [2.45, 2.75) is 68.7 Å². The zero-order valence-electron chi connectivity index (χ0n) is 23.5. The fourth-order valence-electron chi connectivity index (χ4n) is 7.10. The largest absolute Gasteiger partial charge is 0.453 e. The van der Waals surface area contributed by atoms with Crippen LogP contribution in [0.15, 0.2) is 29.8 Å². The van der Waals surface area contributed by atoms with Crippen molar-refractivity contribution in [3.05, 3.63) is 41.0 Å². The number of piperidine rings is 1. The number of carbonyl (C=O) groups excluding carboxylic acids is 3. The number of rotatable bonds is 8. The number of methoxy groups -OCH3 is 1. The van der Waals surface area contributed by atoms with Gasteiger partial charge in [0.1, 0.15) is 0 Å². The molecule has 11 heteroatoms. The summed E-state index contributed by atoms with van der Waals surface area (Å²) >= 11 is 0. The maximum absolute atomic E-state index is 13.4. The van der Waals surface area contributed by atoms with Crippen molar-refractivity contribution < 1.29 is 27.5 Å². The lowest BCUT2D eigenvalue weighted by Crippen LogP contribution is -2.52. The summed E-state index contributed by atoms with van der Waals surface area (Å²) in [6.45, 7) is 1.25. The second kappa shape index (κ2) is 11.6. The molecule has 4 aliphatic rings. The van der Waals surface area contributed by atoms with E-state index in [0.717, 1.165) is 49.8 Å². The average Bonchev–Trinajstić information content (AvgIpc) is 3.39. The number of fused-ring (bicyclic) bond motifs is 3. The molecule has 3 aliphatic heterocycles. The first-order chi connectivity index (χ1) is 19.1. The van der Waals surface area contributed by atoms with Crippen molar-refractivity contribution in [3.63, 3.8) is 0 Å². The van der Waals surface area contributed by atoms with E-state index in [9.17, 15) is 22.8 Å². The standard InChI is InChI=1S/C29H40N4O6S/c1-31(2)26-24-8-5-4-7-19(24)15-25(27(26)34)28(35)30-20-16-21-9-10-22(17-20)32(21)12-6-13-33(29(36)39-3)23-11-14-40(37,38)18-23/h4-5,7-8,15,20-23,26H,6,9-14,16-18H2,1-3H3,(H,30,35). The molecule has 40 heavy (non-hydrogen) atoms.